The zero-order chi connectivity index (χ0) is 13.0. The third-order valence-electron chi connectivity index (χ3n) is 2.82. The first-order valence-electron chi connectivity index (χ1n) is 5.73. The molecule has 0 radical (unpaired) electrons. The number of anilines is 1. The van der Waals surface area contributed by atoms with Crippen molar-refractivity contribution < 1.29 is 0 Å². The molecule has 0 amide bonds. The van der Waals surface area contributed by atoms with Crippen LogP contribution in [0.4, 0.5) is 5.82 Å². The van der Waals surface area contributed by atoms with Gasteiger partial charge in [0, 0.05) is 5.56 Å². The zero-order valence-corrected chi connectivity index (χ0v) is 10.4. The van der Waals surface area contributed by atoms with Gasteiger partial charge in [-0.15, -0.1) is 10.2 Å². The summed E-state index contributed by atoms with van der Waals surface area (Å²) >= 11 is 0. The Balaban J connectivity index is 2.23. The molecule has 1 aromatic carbocycles. The molecule has 1 aromatic heterocycles. The molecule has 90 valence electrons. The number of aryl methyl sites for hydroxylation is 2. The van der Waals surface area contributed by atoms with Gasteiger partial charge in [0.25, 0.3) is 0 Å². The van der Waals surface area contributed by atoms with Crippen LogP contribution in [0, 0.1) is 25.2 Å². The van der Waals surface area contributed by atoms with Crippen LogP contribution >= 0.6 is 0 Å². The summed E-state index contributed by atoms with van der Waals surface area (Å²) in [6, 6.07) is 11.9. The van der Waals surface area contributed by atoms with Crippen molar-refractivity contribution in [1.29, 1.82) is 5.26 Å². The number of nitrogens with zero attached hydrogens (tertiary/aromatic N) is 3. The van der Waals surface area contributed by atoms with Crippen LogP contribution in [-0.2, 0) is 0 Å². The van der Waals surface area contributed by atoms with E-state index < -0.39 is 0 Å². The number of nitrogens with one attached hydrogen (secondary N) is 1. The van der Waals surface area contributed by atoms with E-state index in [0.717, 1.165) is 11.3 Å². The molecule has 0 bridgehead atoms. The summed E-state index contributed by atoms with van der Waals surface area (Å²) in [4.78, 5) is 0. The van der Waals surface area contributed by atoms with E-state index in [0.29, 0.717) is 5.82 Å². The van der Waals surface area contributed by atoms with Gasteiger partial charge < -0.3 is 5.32 Å². The number of nitriles is 1. The van der Waals surface area contributed by atoms with Gasteiger partial charge in [-0.05, 0) is 43.2 Å². The van der Waals surface area contributed by atoms with Crippen molar-refractivity contribution in [1.82, 2.24) is 10.2 Å². The highest BCUT2D eigenvalue weighted by molar-refractivity contribution is 5.61. The highest BCUT2D eigenvalue weighted by Crippen LogP contribution is 2.20. The van der Waals surface area contributed by atoms with E-state index in [1.54, 1.807) is 0 Å². The highest BCUT2D eigenvalue weighted by Gasteiger charge is 2.02. The molecular formula is C14H14N4. The van der Waals surface area contributed by atoms with Gasteiger partial charge in [-0.1, -0.05) is 12.1 Å². The smallest absolute Gasteiger partial charge is 0.149 e. The van der Waals surface area contributed by atoms with Gasteiger partial charge in [-0.2, -0.15) is 5.26 Å². The minimum Gasteiger partial charge on any atom is -0.356 e. The van der Waals surface area contributed by atoms with Crippen LogP contribution in [0.3, 0.4) is 0 Å². The Morgan fingerprint density at radius 1 is 1.11 bits per heavy atom. The average Bonchev–Trinajstić information content (AvgIpc) is 2.40. The molecule has 1 N–H and O–H groups in total. The lowest BCUT2D eigenvalue weighted by atomic mass is 10.0. The fraction of sp³-hybridized carbons (Fsp3) is 0.214. The van der Waals surface area contributed by atoms with Crippen LogP contribution in [0.5, 0.6) is 0 Å². The Morgan fingerprint density at radius 2 is 1.94 bits per heavy atom. The second-order valence-electron chi connectivity index (χ2n) is 4.11. The summed E-state index contributed by atoms with van der Waals surface area (Å²) in [7, 11) is 0. The Kier molecular flexibility index (Phi) is 3.54. The zero-order valence-electron chi connectivity index (χ0n) is 10.4. The molecule has 2 aromatic rings. The average molecular weight is 238 g/mol. The SMILES string of the molecule is Cc1ccc(-c2ccc(NCC#N)nn2)cc1C. The minimum atomic E-state index is 0.234. The molecular weight excluding hydrogens is 224 g/mol. The predicted octanol–water partition coefficient (Wildman–Crippen LogP) is 2.70. The van der Waals surface area contributed by atoms with Crippen molar-refractivity contribution in [3.05, 3.63) is 41.5 Å². The quantitative estimate of drug-likeness (QED) is 0.835. The molecule has 0 atom stereocenters. The van der Waals surface area contributed by atoms with Crippen molar-refractivity contribution in [2.24, 2.45) is 0 Å². The molecule has 0 aliphatic heterocycles. The van der Waals surface area contributed by atoms with Crippen LogP contribution in [0.15, 0.2) is 30.3 Å². The van der Waals surface area contributed by atoms with Crippen LogP contribution in [0.1, 0.15) is 11.1 Å². The lowest BCUT2D eigenvalue weighted by Crippen LogP contribution is -2.02. The highest BCUT2D eigenvalue weighted by atomic mass is 15.2. The third-order valence-corrected chi connectivity index (χ3v) is 2.82. The van der Waals surface area contributed by atoms with E-state index >= 15 is 0 Å². The lowest BCUT2D eigenvalue weighted by molar-refractivity contribution is 1.03. The molecule has 4 nitrogen and oxygen atoms in total. The molecule has 4 heteroatoms. The monoisotopic (exact) mass is 238 g/mol. The number of rotatable bonds is 3. The Hall–Kier alpha value is -2.41. The van der Waals surface area contributed by atoms with Crippen molar-refractivity contribution in [2.75, 3.05) is 11.9 Å². The van der Waals surface area contributed by atoms with Gasteiger partial charge in [-0.3, -0.25) is 0 Å². The van der Waals surface area contributed by atoms with Gasteiger partial charge in [0.15, 0.2) is 0 Å². The number of benzene rings is 1. The third kappa shape index (κ3) is 2.64. The first kappa shape index (κ1) is 12.1. The normalized spacial score (nSPS) is 9.83. The maximum absolute atomic E-state index is 8.46. The summed E-state index contributed by atoms with van der Waals surface area (Å²) in [6.07, 6.45) is 0. The predicted molar refractivity (Wildman–Crippen MR) is 71.0 cm³/mol. The van der Waals surface area contributed by atoms with Crippen LogP contribution in [0.25, 0.3) is 11.3 Å². The molecule has 0 saturated heterocycles. The van der Waals surface area contributed by atoms with Crippen molar-refractivity contribution in [2.45, 2.75) is 13.8 Å². The Labute approximate surface area is 106 Å². The first-order chi connectivity index (χ1) is 8.70. The topological polar surface area (TPSA) is 61.6 Å². The molecule has 0 aliphatic carbocycles. The maximum atomic E-state index is 8.46. The lowest BCUT2D eigenvalue weighted by Gasteiger charge is -2.05. The van der Waals surface area contributed by atoms with E-state index in [1.807, 2.05) is 24.3 Å². The van der Waals surface area contributed by atoms with Crippen LogP contribution in [0.2, 0.25) is 0 Å². The summed E-state index contributed by atoms with van der Waals surface area (Å²) in [6.45, 7) is 4.40. The van der Waals surface area contributed by atoms with Crippen LogP contribution in [-0.4, -0.2) is 16.7 Å². The second kappa shape index (κ2) is 5.28. The van der Waals surface area contributed by atoms with Crippen molar-refractivity contribution in [3.8, 4) is 17.3 Å². The summed E-state index contributed by atoms with van der Waals surface area (Å²) < 4.78 is 0. The second-order valence-corrected chi connectivity index (χ2v) is 4.11. The largest absolute Gasteiger partial charge is 0.356 e. The van der Waals surface area contributed by atoms with Crippen molar-refractivity contribution >= 4 is 5.82 Å². The van der Waals surface area contributed by atoms with E-state index in [1.165, 1.54) is 11.1 Å². The molecule has 0 spiro atoms. The number of hydrogen-bond acceptors (Lipinski definition) is 4. The Bertz CT molecular complexity index is 582. The van der Waals surface area contributed by atoms with E-state index in [-0.39, 0.29) is 6.54 Å². The van der Waals surface area contributed by atoms with Gasteiger partial charge in [0.2, 0.25) is 0 Å². The summed E-state index contributed by atoms with van der Waals surface area (Å²) in [5.41, 5.74) is 4.39. The fourth-order valence-corrected chi connectivity index (χ4v) is 1.61. The molecule has 2 rings (SSSR count). The minimum absolute atomic E-state index is 0.234. The van der Waals surface area contributed by atoms with E-state index in [4.69, 9.17) is 5.26 Å². The molecule has 1 heterocycles. The number of aromatic nitrogens is 2. The van der Waals surface area contributed by atoms with Gasteiger partial charge in [0.05, 0.1) is 11.8 Å². The van der Waals surface area contributed by atoms with E-state index in [9.17, 15) is 0 Å². The Morgan fingerprint density at radius 3 is 2.56 bits per heavy atom. The molecule has 0 saturated carbocycles. The van der Waals surface area contributed by atoms with Crippen molar-refractivity contribution in [3.63, 3.8) is 0 Å². The molecule has 0 unspecified atom stereocenters. The molecule has 0 aliphatic rings. The first-order valence-corrected chi connectivity index (χ1v) is 5.73. The van der Waals surface area contributed by atoms with E-state index in [2.05, 4.69) is 41.5 Å². The number of hydrogen-bond donors (Lipinski definition) is 1. The van der Waals surface area contributed by atoms with Crippen LogP contribution < -0.4 is 5.32 Å². The summed E-state index contributed by atoms with van der Waals surface area (Å²) in [5, 5.41) is 19.5. The van der Waals surface area contributed by atoms with Gasteiger partial charge in [0.1, 0.15) is 12.4 Å². The van der Waals surface area contributed by atoms with Gasteiger partial charge >= 0.3 is 0 Å². The molecule has 18 heavy (non-hydrogen) atoms. The molecule has 0 fully saturated rings. The fourth-order valence-electron chi connectivity index (χ4n) is 1.61. The summed E-state index contributed by atoms with van der Waals surface area (Å²) in [5.74, 6) is 0.615. The van der Waals surface area contributed by atoms with Gasteiger partial charge in [-0.25, -0.2) is 0 Å². The standard InChI is InChI=1S/C14H14N4/c1-10-3-4-12(9-11(10)2)13-5-6-14(18-17-13)16-8-7-15/h3-6,9H,8H2,1-2H3,(H,16,18). The maximum Gasteiger partial charge on any atom is 0.149 e.